The number of carbonyl (C=O) groups is 2. The van der Waals surface area contributed by atoms with Crippen molar-refractivity contribution in [1.82, 2.24) is 20.2 Å². The molecule has 8 nitrogen and oxygen atoms in total. The predicted octanol–water partition coefficient (Wildman–Crippen LogP) is 3.60. The third-order valence-corrected chi connectivity index (χ3v) is 8.12. The lowest BCUT2D eigenvalue weighted by atomic mass is 9.69. The highest BCUT2D eigenvalue weighted by Crippen LogP contribution is 2.46. The minimum atomic E-state index is -0.353. The summed E-state index contributed by atoms with van der Waals surface area (Å²) in [6, 6.07) is 6.71. The molecule has 0 unspecified atom stereocenters. The third-order valence-electron chi connectivity index (χ3n) is 8.12. The maximum Gasteiger partial charge on any atom is 0.322 e. The molecule has 186 valence electrons. The number of benzene rings is 1. The summed E-state index contributed by atoms with van der Waals surface area (Å²) in [6.45, 7) is 2.37. The van der Waals surface area contributed by atoms with Gasteiger partial charge in [0.1, 0.15) is 5.82 Å². The van der Waals surface area contributed by atoms with Gasteiger partial charge >= 0.3 is 6.03 Å². The summed E-state index contributed by atoms with van der Waals surface area (Å²) in [4.78, 5) is 39.8. The van der Waals surface area contributed by atoms with E-state index in [-0.39, 0.29) is 34.8 Å². The number of urea groups is 1. The lowest BCUT2D eigenvalue weighted by Gasteiger charge is -2.48. The summed E-state index contributed by atoms with van der Waals surface area (Å²) in [7, 11) is 5.77. The van der Waals surface area contributed by atoms with Crippen LogP contribution in [0.25, 0.3) is 0 Å². The van der Waals surface area contributed by atoms with Gasteiger partial charge in [-0.25, -0.2) is 19.2 Å². The van der Waals surface area contributed by atoms with Crippen LogP contribution < -0.4 is 15.1 Å². The number of aryl methyl sites for hydroxylation is 1. The summed E-state index contributed by atoms with van der Waals surface area (Å²) >= 11 is 0. The topological polar surface area (TPSA) is 81.7 Å². The molecule has 3 amide bonds. The first kappa shape index (κ1) is 23.7. The molecule has 1 saturated heterocycles. The van der Waals surface area contributed by atoms with Crippen LogP contribution in [0, 0.1) is 18.7 Å². The molecule has 5 rings (SSSR count). The normalized spacial score (nSPS) is 26.3. The van der Waals surface area contributed by atoms with E-state index < -0.39 is 0 Å². The van der Waals surface area contributed by atoms with Gasteiger partial charge in [-0.1, -0.05) is 12.1 Å². The Labute approximate surface area is 205 Å². The first-order valence-electron chi connectivity index (χ1n) is 12.3. The van der Waals surface area contributed by atoms with E-state index in [9.17, 15) is 14.0 Å². The van der Waals surface area contributed by atoms with Crippen molar-refractivity contribution in [2.45, 2.75) is 56.5 Å². The summed E-state index contributed by atoms with van der Waals surface area (Å²) in [5.74, 6) is 0.259. The number of nitrogens with zero attached hydrogens (tertiary/aromatic N) is 5. The van der Waals surface area contributed by atoms with Gasteiger partial charge in [-0.05, 0) is 77.2 Å². The zero-order valence-corrected chi connectivity index (χ0v) is 20.8. The van der Waals surface area contributed by atoms with E-state index in [1.54, 1.807) is 30.3 Å². The average molecular weight is 481 g/mol. The standard InChI is InChI=1S/C26H33FN6O2/c1-17-21(15-28-23(29-17)32(4)22(34)18-8-9-18)33-16-25(30-24(33)35)10-12-26(13-11-25,31(2)3)19-6-5-7-20(27)14-19/h5-7,14-15,18H,8-13,16H2,1-4H3,(H,30,35)/t25-,26-. The Bertz CT molecular complexity index is 1160. The van der Waals surface area contributed by atoms with Crippen molar-refractivity contribution in [3.05, 3.63) is 47.5 Å². The van der Waals surface area contributed by atoms with Gasteiger partial charge in [0.15, 0.2) is 0 Å². The Morgan fingerprint density at radius 1 is 1.17 bits per heavy atom. The Hall–Kier alpha value is -3.07. The number of carbonyl (C=O) groups excluding carboxylic acids is 2. The van der Waals surface area contributed by atoms with Crippen LogP contribution in [0.2, 0.25) is 0 Å². The van der Waals surface area contributed by atoms with Crippen LogP contribution in [0.1, 0.15) is 49.8 Å². The van der Waals surface area contributed by atoms with Crippen molar-refractivity contribution in [1.29, 1.82) is 0 Å². The number of amides is 3. The molecule has 2 heterocycles. The van der Waals surface area contributed by atoms with Crippen molar-refractivity contribution < 1.29 is 14.0 Å². The SMILES string of the molecule is Cc1nc(N(C)C(=O)C2CC2)ncc1N1C[C@]2(CC[C@@](c3cccc(F)c3)(N(C)C)CC2)NC1=O. The number of anilines is 2. The predicted molar refractivity (Wildman–Crippen MR) is 132 cm³/mol. The molecule has 3 aliphatic rings. The highest BCUT2D eigenvalue weighted by atomic mass is 19.1. The summed E-state index contributed by atoms with van der Waals surface area (Å²) in [5, 5.41) is 3.24. The molecule has 0 bridgehead atoms. The first-order chi connectivity index (χ1) is 16.6. The maximum atomic E-state index is 14.0. The monoisotopic (exact) mass is 480 g/mol. The Kier molecular flexibility index (Phi) is 5.78. The molecule has 1 spiro atoms. The van der Waals surface area contributed by atoms with Crippen LogP contribution in [0.15, 0.2) is 30.5 Å². The number of rotatable bonds is 5. The fraction of sp³-hybridized carbons (Fsp3) is 0.538. The summed E-state index contributed by atoms with van der Waals surface area (Å²) in [5.41, 5.74) is 1.67. The van der Waals surface area contributed by atoms with E-state index in [1.165, 1.54) is 11.0 Å². The van der Waals surface area contributed by atoms with Gasteiger partial charge in [0.25, 0.3) is 0 Å². The fourth-order valence-corrected chi connectivity index (χ4v) is 5.68. The zero-order valence-electron chi connectivity index (χ0n) is 20.8. The highest BCUT2D eigenvalue weighted by Gasteiger charge is 2.50. The van der Waals surface area contributed by atoms with Gasteiger partial charge in [-0.2, -0.15) is 0 Å². The second-order valence-electron chi connectivity index (χ2n) is 10.5. The molecule has 1 N–H and O–H groups in total. The van der Waals surface area contributed by atoms with Gasteiger partial charge in [-0.3, -0.25) is 19.5 Å². The number of hydrogen-bond donors (Lipinski definition) is 1. The van der Waals surface area contributed by atoms with Crippen LogP contribution >= 0.6 is 0 Å². The van der Waals surface area contributed by atoms with Crippen molar-refractivity contribution in [2.24, 2.45) is 5.92 Å². The summed E-state index contributed by atoms with van der Waals surface area (Å²) < 4.78 is 14.0. The molecule has 0 radical (unpaired) electrons. The Morgan fingerprint density at radius 3 is 2.49 bits per heavy atom. The Morgan fingerprint density at radius 2 is 1.89 bits per heavy atom. The van der Waals surface area contributed by atoms with Gasteiger partial charge < -0.3 is 5.32 Å². The molecule has 9 heteroatoms. The molecular formula is C26H33FN6O2. The van der Waals surface area contributed by atoms with Crippen LogP contribution in [-0.4, -0.2) is 60.0 Å². The maximum absolute atomic E-state index is 14.0. The molecule has 1 aliphatic heterocycles. The molecular weight excluding hydrogens is 447 g/mol. The second-order valence-corrected chi connectivity index (χ2v) is 10.5. The highest BCUT2D eigenvalue weighted by molar-refractivity contribution is 5.96. The first-order valence-corrected chi connectivity index (χ1v) is 12.3. The fourth-order valence-electron chi connectivity index (χ4n) is 5.68. The third kappa shape index (κ3) is 4.16. The molecule has 1 aromatic carbocycles. The number of aromatic nitrogens is 2. The molecule has 1 aromatic heterocycles. The number of nitrogens with one attached hydrogen (secondary N) is 1. The van der Waals surface area contributed by atoms with E-state index in [0.29, 0.717) is 23.9 Å². The molecule has 2 saturated carbocycles. The van der Waals surface area contributed by atoms with Crippen molar-refractivity contribution >= 4 is 23.6 Å². The quantitative estimate of drug-likeness (QED) is 0.707. The number of hydrogen-bond acceptors (Lipinski definition) is 5. The molecule has 35 heavy (non-hydrogen) atoms. The van der Waals surface area contributed by atoms with E-state index in [1.807, 2.05) is 27.1 Å². The van der Waals surface area contributed by atoms with Crippen LogP contribution in [0.4, 0.5) is 20.8 Å². The smallest absolute Gasteiger partial charge is 0.322 e. The van der Waals surface area contributed by atoms with Crippen molar-refractivity contribution in [3.8, 4) is 0 Å². The summed E-state index contributed by atoms with van der Waals surface area (Å²) in [6.07, 6.45) is 6.66. The van der Waals surface area contributed by atoms with Crippen LogP contribution in [0.5, 0.6) is 0 Å². The molecule has 2 aromatic rings. The van der Waals surface area contributed by atoms with E-state index in [4.69, 9.17) is 0 Å². The van der Waals surface area contributed by atoms with E-state index in [0.717, 1.165) is 44.1 Å². The van der Waals surface area contributed by atoms with Gasteiger partial charge in [-0.15, -0.1) is 0 Å². The average Bonchev–Trinajstić information content (AvgIpc) is 3.63. The van der Waals surface area contributed by atoms with Gasteiger partial charge in [0.05, 0.1) is 29.7 Å². The largest absolute Gasteiger partial charge is 0.330 e. The number of halogens is 1. The minimum absolute atomic E-state index is 0.0416. The molecule has 2 aliphatic carbocycles. The van der Waals surface area contributed by atoms with E-state index >= 15 is 0 Å². The zero-order chi connectivity index (χ0) is 25.0. The van der Waals surface area contributed by atoms with Crippen LogP contribution in [-0.2, 0) is 10.3 Å². The minimum Gasteiger partial charge on any atom is -0.330 e. The van der Waals surface area contributed by atoms with E-state index in [2.05, 4.69) is 20.2 Å². The van der Waals surface area contributed by atoms with Crippen molar-refractivity contribution in [3.63, 3.8) is 0 Å². The van der Waals surface area contributed by atoms with Gasteiger partial charge in [0.2, 0.25) is 11.9 Å². The van der Waals surface area contributed by atoms with Crippen LogP contribution in [0.3, 0.4) is 0 Å². The molecule has 3 fully saturated rings. The Balaban J connectivity index is 1.33. The molecule has 0 atom stereocenters. The van der Waals surface area contributed by atoms with Gasteiger partial charge in [0, 0.05) is 18.5 Å². The lowest BCUT2D eigenvalue weighted by Crippen LogP contribution is -2.54. The second kappa shape index (κ2) is 8.55. The lowest BCUT2D eigenvalue weighted by molar-refractivity contribution is -0.119. The van der Waals surface area contributed by atoms with Crippen molar-refractivity contribution in [2.75, 3.05) is 37.5 Å².